The van der Waals surface area contributed by atoms with E-state index in [2.05, 4.69) is 17.4 Å². The van der Waals surface area contributed by atoms with Crippen molar-refractivity contribution in [1.82, 2.24) is 5.32 Å². The van der Waals surface area contributed by atoms with E-state index in [1.54, 1.807) is 0 Å². The van der Waals surface area contributed by atoms with Crippen LogP contribution >= 0.6 is 0 Å². The molecule has 6 nitrogen and oxygen atoms in total. The Kier molecular flexibility index (Phi) is 4.07. The molecule has 2 N–H and O–H groups in total. The van der Waals surface area contributed by atoms with E-state index in [1.807, 2.05) is 0 Å². The van der Waals surface area contributed by atoms with Gasteiger partial charge in [0.2, 0.25) is 6.10 Å². The summed E-state index contributed by atoms with van der Waals surface area (Å²) in [5.74, 6) is -1.40. The van der Waals surface area contributed by atoms with Gasteiger partial charge in [-0.1, -0.05) is 31.3 Å². The van der Waals surface area contributed by atoms with Gasteiger partial charge in [-0.2, -0.15) is 0 Å². The van der Waals surface area contributed by atoms with Crippen molar-refractivity contribution in [3.8, 4) is 0 Å². The van der Waals surface area contributed by atoms with Crippen molar-refractivity contribution >= 4 is 17.6 Å². The predicted octanol–water partition coefficient (Wildman–Crippen LogP) is 1.30. The summed E-state index contributed by atoms with van der Waals surface area (Å²) in [4.78, 5) is 27.4. The van der Waals surface area contributed by atoms with E-state index in [-0.39, 0.29) is 23.5 Å². The molecule has 0 saturated heterocycles. The van der Waals surface area contributed by atoms with Gasteiger partial charge in [-0.05, 0) is 18.3 Å². The zero-order chi connectivity index (χ0) is 13.9. The first-order valence-corrected chi connectivity index (χ1v) is 6.74. The van der Waals surface area contributed by atoms with Crippen LogP contribution in [0, 0.1) is 5.41 Å². The van der Waals surface area contributed by atoms with Crippen molar-refractivity contribution in [2.75, 3.05) is 6.54 Å². The molecule has 0 bridgehead atoms. The van der Waals surface area contributed by atoms with Gasteiger partial charge in [-0.25, -0.2) is 4.79 Å². The van der Waals surface area contributed by atoms with Crippen LogP contribution in [0.2, 0.25) is 0 Å². The number of amides is 1. The summed E-state index contributed by atoms with van der Waals surface area (Å²) in [6.07, 6.45) is 5.17. The second-order valence-corrected chi connectivity index (χ2v) is 5.73. The van der Waals surface area contributed by atoms with E-state index in [1.165, 1.54) is 19.3 Å². The van der Waals surface area contributed by atoms with Crippen LogP contribution in [0.25, 0.3) is 0 Å². The fraction of sp³-hybridized carbons (Fsp3) is 0.769. The molecule has 1 amide bonds. The Morgan fingerprint density at radius 2 is 2.11 bits per heavy atom. The largest absolute Gasteiger partial charge is 0.477 e. The number of carbonyl (C=O) groups excluding carboxylic acids is 1. The number of nitrogens with zero attached hydrogens (tertiary/aromatic N) is 1. The summed E-state index contributed by atoms with van der Waals surface area (Å²) < 4.78 is 0. The third kappa shape index (κ3) is 3.45. The molecule has 0 radical (unpaired) electrons. The Morgan fingerprint density at radius 3 is 2.68 bits per heavy atom. The second kappa shape index (κ2) is 5.59. The highest BCUT2D eigenvalue weighted by Gasteiger charge is 2.33. The minimum absolute atomic E-state index is 0.0396. The molecule has 0 aromatic carbocycles. The maximum absolute atomic E-state index is 11.9. The summed E-state index contributed by atoms with van der Waals surface area (Å²) in [5.41, 5.74) is 0.0623. The van der Waals surface area contributed by atoms with Gasteiger partial charge in [0.1, 0.15) is 0 Å². The van der Waals surface area contributed by atoms with E-state index < -0.39 is 12.1 Å². The number of nitrogens with one attached hydrogen (secondary N) is 1. The minimum atomic E-state index is -1.13. The minimum Gasteiger partial charge on any atom is -0.477 e. The van der Waals surface area contributed by atoms with Gasteiger partial charge < -0.3 is 15.3 Å². The molecular weight excluding hydrogens is 248 g/mol. The maximum Gasteiger partial charge on any atom is 0.353 e. The molecule has 1 aliphatic heterocycles. The lowest BCUT2D eigenvalue weighted by molar-refractivity contribution is -0.131. The molecule has 1 unspecified atom stereocenters. The average molecular weight is 268 g/mol. The van der Waals surface area contributed by atoms with Crippen molar-refractivity contribution in [3.63, 3.8) is 0 Å². The van der Waals surface area contributed by atoms with Gasteiger partial charge >= 0.3 is 5.97 Å². The molecule has 0 spiro atoms. The van der Waals surface area contributed by atoms with Crippen LogP contribution in [0.5, 0.6) is 0 Å². The van der Waals surface area contributed by atoms with Gasteiger partial charge in [0, 0.05) is 13.0 Å². The Hall–Kier alpha value is -1.59. The summed E-state index contributed by atoms with van der Waals surface area (Å²) >= 11 is 0. The first-order chi connectivity index (χ1) is 9.00. The molecular formula is C13H20N2O4. The topological polar surface area (TPSA) is 88.0 Å². The van der Waals surface area contributed by atoms with Crippen molar-refractivity contribution in [2.45, 2.75) is 51.6 Å². The van der Waals surface area contributed by atoms with Crippen molar-refractivity contribution in [2.24, 2.45) is 10.6 Å². The SMILES string of the molecule is CC1(CNC(=O)C2CC(C(=O)O)=NO2)CCCCC1. The summed E-state index contributed by atoms with van der Waals surface area (Å²) in [5, 5.41) is 15.0. The van der Waals surface area contributed by atoms with Crippen LogP contribution in [-0.4, -0.2) is 35.3 Å². The molecule has 0 aromatic heterocycles. The number of carboxylic acid groups (broad SMARTS) is 1. The van der Waals surface area contributed by atoms with E-state index in [4.69, 9.17) is 9.94 Å². The van der Waals surface area contributed by atoms with Crippen LogP contribution < -0.4 is 5.32 Å². The molecule has 1 atom stereocenters. The quantitative estimate of drug-likeness (QED) is 0.804. The lowest BCUT2D eigenvalue weighted by atomic mass is 9.76. The second-order valence-electron chi connectivity index (χ2n) is 5.73. The van der Waals surface area contributed by atoms with E-state index >= 15 is 0 Å². The van der Waals surface area contributed by atoms with Gasteiger partial charge in [0.15, 0.2) is 5.71 Å². The Labute approximate surface area is 112 Å². The number of oxime groups is 1. The maximum atomic E-state index is 11.9. The van der Waals surface area contributed by atoms with Gasteiger partial charge in [-0.3, -0.25) is 4.79 Å². The molecule has 1 heterocycles. The fourth-order valence-corrected chi connectivity index (χ4v) is 2.64. The van der Waals surface area contributed by atoms with E-state index in [0.29, 0.717) is 6.54 Å². The number of carbonyl (C=O) groups is 2. The lowest BCUT2D eigenvalue weighted by Gasteiger charge is -2.33. The predicted molar refractivity (Wildman–Crippen MR) is 68.8 cm³/mol. The third-order valence-electron chi connectivity index (χ3n) is 3.96. The molecule has 1 aliphatic carbocycles. The van der Waals surface area contributed by atoms with Crippen LogP contribution in [0.15, 0.2) is 5.16 Å². The van der Waals surface area contributed by atoms with Gasteiger partial charge in [0.05, 0.1) is 0 Å². The van der Waals surface area contributed by atoms with E-state index in [9.17, 15) is 9.59 Å². The fourth-order valence-electron chi connectivity index (χ4n) is 2.64. The zero-order valence-electron chi connectivity index (χ0n) is 11.1. The Morgan fingerprint density at radius 1 is 1.42 bits per heavy atom. The summed E-state index contributed by atoms with van der Waals surface area (Å²) in [7, 11) is 0. The summed E-state index contributed by atoms with van der Waals surface area (Å²) in [6, 6.07) is 0. The van der Waals surface area contributed by atoms with Crippen LogP contribution in [-0.2, 0) is 14.4 Å². The molecule has 0 aromatic rings. The lowest BCUT2D eigenvalue weighted by Crippen LogP contribution is -2.42. The summed E-state index contributed by atoms with van der Waals surface area (Å²) in [6.45, 7) is 2.80. The van der Waals surface area contributed by atoms with Crippen molar-refractivity contribution < 1.29 is 19.5 Å². The van der Waals surface area contributed by atoms with E-state index in [0.717, 1.165) is 12.8 Å². The third-order valence-corrected chi connectivity index (χ3v) is 3.96. The monoisotopic (exact) mass is 268 g/mol. The highest BCUT2D eigenvalue weighted by Crippen LogP contribution is 2.34. The van der Waals surface area contributed by atoms with Crippen molar-refractivity contribution in [1.29, 1.82) is 0 Å². The number of aliphatic carboxylic acids is 1. The highest BCUT2D eigenvalue weighted by atomic mass is 16.6. The standard InChI is InChI=1S/C13H20N2O4/c1-13(5-3-2-4-6-13)8-14-11(16)10-7-9(12(17)18)15-19-10/h10H,2-8H2,1H3,(H,14,16)(H,17,18). The molecule has 2 rings (SSSR count). The van der Waals surface area contributed by atoms with Gasteiger partial charge in [-0.15, -0.1) is 0 Å². The number of carboxylic acids is 1. The average Bonchev–Trinajstić information content (AvgIpc) is 2.87. The van der Waals surface area contributed by atoms with Crippen LogP contribution in [0.4, 0.5) is 0 Å². The first-order valence-electron chi connectivity index (χ1n) is 6.74. The van der Waals surface area contributed by atoms with Crippen molar-refractivity contribution in [3.05, 3.63) is 0 Å². The smallest absolute Gasteiger partial charge is 0.353 e. The molecule has 1 fully saturated rings. The highest BCUT2D eigenvalue weighted by molar-refractivity contribution is 6.36. The molecule has 1 saturated carbocycles. The van der Waals surface area contributed by atoms with Gasteiger partial charge in [0.25, 0.3) is 5.91 Å². The number of rotatable bonds is 4. The van der Waals surface area contributed by atoms with Crippen LogP contribution in [0.3, 0.4) is 0 Å². The Balaban J connectivity index is 1.78. The normalized spacial score (nSPS) is 25.3. The molecule has 19 heavy (non-hydrogen) atoms. The van der Waals surface area contributed by atoms with Crippen LogP contribution in [0.1, 0.15) is 45.4 Å². The molecule has 6 heteroatoms. The molecule has 106 valence electrons. The zero-order valence-corrected chi connectivity index (χ0v) is 11.1. The number of hydrogen-bond acceptors (Lipinski definition) is 4. The molecule has 2 aliphatic rings. The number of hydrogen-bond donors (Lipinski definition) is 2. The first kappa shape index (κ1) is 13.8. The Bertz CT molecular complexity index is 399.